The summed E-state index contributed by atoms with van der Waals surface area (Å²) in [6.45, 7) is 4.70. The van der Waals surface area contributed by atoms with E-state index in [4.69, 9.17) is 0 Å². The van der Waals surface area contributed by atoms with Crippen molar-refractivity contribution in [3.8, 4) is 0 Å². The third-order valence-electron chi connectivity index (χ3n) is 6.06. The molecule has 2 aliphatic heterocycles. The lowest BCUT2D eigenvalue weighted by Crippen LogP contribution is -2.28. The van der Waals surface area contributed by atoms with Gasteiger partial charge >= 0.3 is 0 Å². The minimum absolute atomic E-state index is 0.300. The van der Waals surface area contributed by atoms with Gasteiger partial charge < -0.3 is 20.0 Å². The molecule has 2 atom stereocenters. The Hall–Kier alpha value is -1.40. The molecule has 0 amide bonds. The van der Waals surface area contributed by atoms with Crippen LogP contribution in [0.1, 0.15) is 51.4 Å². The normalized spacial score (nSPS) is 25.0. The van der Waals surface area contributed by atoms with Crippen LogP contribution in [-0.4, -0.2) is 59.6 Å². The van der Waals surface area contributed by atoms with Crippen LogP contribution in [0.4, 0.5) is 11.6 Å². The van der Waals surface area contributed by atoms with Crippen molar-refractivity contribution in [1.29, 1.82) is 0 Å². The Morgan fingerprint density at radius 2 is 1.27 bits per heavy atom. The highest BCUT2D eigenvalue weighted by atomic mass is 16.3. The number of rotatable bonds is 6. The quantitative estimate of drug-likeness (QED) is 0.810. The van der Waals surface area contributed by atoms with E-state index in [-0.39, 0.29) is 0 Å². The van der Waals surface area contributed by atoms with Gasteiger partial charge in [-0.3, -0.25) is 0 Å². The van der Waals surface area contributed by atoms with Gasteiger partial charge in [0.05, 0.1) is 0 Å². The van der Waals surface area contributed by atoms with Crippen LogP contribution in [0.2, 0.25) is 0 Å². The summed E-state index contributed by atoms with van der Waals surface area (Å²) >= 11 is 0. The van der Waals surface area contributed by atoms with E-state index in [0.29, 0.717) is 25.0 Å². The summed E-state index contributed by atoms with van der Waals surface area (Å²) in [5, 5.41) is 18.4. The van der Waals surface area contributed by atoms with Crippen LogP contribution >= 0.6 is 0 Å². The van der Waals surface area contributed by atoms with Crippen molar-refractivity contribution >= 4 is 11.6 Å². The molecule has 2 unspecified atom stereocenters. The van der Waals surface area contributed by atoms with Crippen molar-refractivity contribution in [2.45, 2.75) is 51.4 Å². The average molecular weight is 363 g/mol. The first kappa shape index (κ1) is 19.4. The Morgan fingerprint density at radius 1 is 0.769 bits per heavy atom. The summed E-state index contributed by atoms with van der Waals surface area (Å²) < 4.78 is 0. The molecule has 146 valence electrons. The van der Waals surface area contributed by atoms with Gasteiger partial charge in [-0.25, -0.2) is 9.97 Å². The molecule has 0 spiro atoms. The molecule has 2 saturated heterocycles. The van der Waals surface area contributed by atoms with Gasteiger partial charge in [0.1, 0.15) is 18.0 Å². The van der Waals surface area contributed by atoms with Gasteiger partial charge in [-0.05, 0) is 63.2 Å². The highest BCUT2D eigenvalue weighted by Gasteiger charge is 2.21. The second-order valence-corrected chi connectivity index (χ2v) is 7.83. The number of nitrogens with zero attached hydrogens (tertiary/aromatic N) is 4. The molecule has 0 bridgehead atoms. The number of aromatic nitrogens is 2. The maximum absolute atomic E-state index is 9.20. The molecule has 0 saturated carbocycles. The number of hydrogen-bond donors (Lipinski definition) is 2. The largest absolute Gasteiger partial charge is 0.396 e. The molecule has 0 aliphatic carbocycles. The molecule has 2 fully saturated rings. The van der Waals surface area contributed by atoms with Crippen molar-refractivity contribution < 1.29 is 10.2 Å². The van der Waals surface area contributed by atoms with Crippen molar-refractivity contribution in [2.75, 3.05) is 49.2 Å². The summed E-state index contributed by atoms with van der Waals surface area (Å²) in [5.74, 6) is 3.35. The third-order valence-corrected chi connectivity index (χ3v) is 6.06. The van der Waals surface area contributed by atoms with E-state index in [9.17, 15) is 10.2 Å². The molecule has 0 radical (unpaired) electrons. The summed E-state index contributed by atoms with van der Waals surface area (Å²) in [5.41, 5.74) is 0. The van der Waals surface area contributed by atoms with Gasteiger partial charge in [-0.2, -0.15) is 0 Å². The molecule has 1 aromatic heterocycles. The first-order valence-electron chi connectivity index (χ1n) is 10.3. The molecular formula is C20H34N4O2. The van der Waals surface area contributed by atoms with Gasteiger partial charge in [-0.1, -0.05) is 0 Å². The summed E-state index contributed by atoms with van der Waals surface area (Å²) in [4.78, 5) is 13.9. The number of anilines is 2. The molecule has 3 heterocycles. The Kier molecular flexibility index (Phi) is 7.50. The molecular weight excluding hydrogens is 328 g/mol. The van der Waals surface area contributed by atoms with Crippen LogP contribution in [0.25, 0.3) is 0 Å². The van der Waals surface area contributed by atoms with Crippen LogP contribution < -0.4 is 9.80 Å². The second kappa shape index (κ2) is 10.1. The lowest BCUT2D eigenvalue weighted by Gasteiger charge is -2.25. The van der Waals surface area contributed by atoms with E-state index in [1.54, 1.807) is 6.33 Å². The first-order valence-corrected chi connectivity index (χ1v) is 10.3. The van der Waals surface area contributed by atoms with Crippen LogP contribution in [-0.2, 0) is 0 Å². The monoisotopic (exact) mass is 362 g/mol. The van der Waals surface area contributed by atoms with Gasteiger partial charge in [0.15, 0.2) is 0 Å². The maximum Gasteiger partial charge on any atom is 0.134 e. The van der Waals surface area contributed by atoms with E-state index >= 15 is 0 Å². The molecule has 0 aromatic carbocycles. The first-order chi connectivity index (χ1) is 12.8. The minimum atomic E-state index is 0.300. The van der Waals surface area contributed by atoms with E-state index < -0.39 is 0 Å². The zero-order valence-corrected chi connectivity index (χ0v) is 15.9. The fourth-order valence-corrected chi connectivity index (χ4v) is 4.41. The zero-order valence-electron chi connectivity index (χ0n) is 15.9. The van der Waals surface area contributed by atoms with E-state index in [1.165, 1.54) is 12.8 Å². The fraction of sp³-hybridized carbons (Fsp3) is 0.800. The highest BCUT2D eigenvalue weighted by Crippen LogP contribution is 2.27. The van der Waals surface area contributed by atoms with Gasteiger partial charge in [0, 0.05) is 45.5 Å². The number of hydrogen-bond acceptors (Lipinski definition) is 6. The number of aliphatic hydroxyl groups is 2. The standard InChI is InChI=1S/C20H34N4O2/c25-13-7-17-3-1-9-23(11-5-17)19-15-20(22-16-21-19)24-10-2-4-18(6-12-24)8-14-26/h15-18,25-26H,1-14H2. The van der Waals surface area contributed by atoms with E-state index in [1.807, 2.05) is 0 Å². The van der Waals surface area contributed by atoms with E-state index in [0.717, 1.165) is 76.3 Å². The van der Waals surface area contributed by atoms with Crippen LogP contribution in [0.5, 0.6) is 0 Å². The van der Waals surface area contributed by atoms with Crippen molar-refractivity contribution in [1.82, 2.24) is 9.97 Å². The van der Waals surface area contributed by atoms with Gasteiger partial charge in [0.25, 0.3) is 0 Å². The fourth-order valence-electron chi connectivity index (χ4n) is 4.41. The van der Waals surface area contributed by atoms with E-state index in [2.05, 4.69) is 25.8 Å². The lowest BCUT2D eigenvalue weighted by molar-refractivity contribution is 0.249. The third kappa shape index (κ3) is 5.30. The second-order valence-electron chi connectivity index (χ2n) is 7.83. The molecule has 26 heavy (non-hydrogen) atoms. The minimum Gasteiger partial charge on any atom is -0.396 e. The van der Waals surface area contributed by atoms with Crippen LogP contribution in [0.3, 0.4) is 0 Å². The van der Waals surface area contributed by atoms with Gasteiger partial charge in [-0.15, -0.1) is 0 Å². The van der Waals surface area contributed by atoms with Crippen LogP contribution in [0.15, 0.2) is 12.4 Å². The number of aliphatic hydroxyl groups excluding tert-OH is 2. The molecule has 6 heteroatoms. The predicted octanol–water partition coefficient (Wildman–Crippen LogP) is 2.45. The summed E-state index contributed by atoms with van der Waals surface area (Å²) in [7, 11) is 0. The van der Waals surface area contributed by atoms with Crippen molar-refractivity contribution in [2.24, 2.45) is 11.8 Å². The molecule has 1 aromatic rings. The Morgan fingerprint density at radius 3 is 1.73 bits per heavy atom. The summed E-state index contributed by atoms with van der Waals surface area (Å²) in [6, 6.07) is 2.15. The van der Waals surface area contributed by atoms with Crippen molar-refractivity contribution in [3.05, 3.63) is 12.4 Å². The topological polar surface area (TPSA) is 72.7 Å². The molecule has 2 aliphatic rings. The highest BCUT2D eigenvalue weighted by molar-refractivity contribution is 5.50. The smallest absolute Gasteiger partial charge is 0.134 e. The average Bonchev–Trinajstić information content (AvgIpc) is 3.04. The Labute approximate surface area is 157 Å². The molecule has 6 nitrogen and oxygen atoms in total. The Balaban J connectivity index is 1.62. The predicted molar refractivity (Wildman–Crippen MR) is 105 cm³/mol. The summed E-state index contributed by atoms with van der Waals surface area (Å²) in [6.07, 6.45) is 10.5. The van der Waals surface area contributed by atoms with Crippen LogP contribution in [0, 0.1) is 11.8 Å². The SMILES string of the molecule is OCCC1CCCN(c2cc(N3CCCC(CCO)CC3)ncn2)CC1. The van der Waals surface area contributed by atoms with Crippen molar-refractivity contribution in [3.63, 3.8) is 0 Å². The van der Waals surface area contributed by atoms with Gasteiger partial charge in [0.2, 0.25) is 0 Å². The maximum atomic E-state index is 9.20. The molecule has 3 rings (SSSR count). The molecule has 2 N–H and O–H groups in total. The zero-order chi connectivity index (χ0) is 18.2. The lowest BCUT2D eigenvalue weighted by atomic mass is 9.98. The Bertz CT molecular complexity index is 499.